The molecule has 1 aliphatic heterocycles. The molecule has 1 aliphatic rings. The van der Waals surface area contributed by atoms with Crippen molar-refractivity contribution >= 4 is 45.3 Å². The number of carbonyl (C=O) groups is 1. The summed E-state index contributed by atoms with van der Waals surface area (Å²) >= 11 is 11.1. The molecule has 0 bridgehead atoms. The quantitative estimate of drug-likeness (QED) is 0.827. The molecular weight excluding hydrogens is 378 g/mol. The van der Waals surface area contributed by atoms with Crippen molar-refractivity contribution in [1.82, 2.24) is 5.32 Å². The lowest BCUT2D eigenvalue weighted by molar-refractivity contribution is -0.138. The van der Waals surface area contributed by atoms with Crippen LogP contribution in [-0.4, -0.2) is 22.9 Å². The molecule has 2 aromatic rings. The Morgan fingerprint density at radius 3 is 2.90 bits per heavy atom. The van der Waals surface area contributed by atoms with Gasteiger partial charge < -0.3 is 9.52 Å². The van der Waals surface area contributed by atoms with Gasteiger partial charge >= 0.3 is 5.97 Å². The second-order valence-electron chi connectivity index (χ2n) is 4.60. The van der Waals surface area contributed by atoms with Crippen molar-refractivity contribution in [2.45, 2.75) is 11.4 Å². The number of hydrogen-bond acceptors (Lipinski definition) is 4. The largest absolute Gasteiger partial charge is 0.480 e. The number of rotatable bonds is 3. The number of nitrogens with one attached hydrogen (secondary N) is 1. The van der Waals surface area contributed by atoms with Crippen molar-refractivity contribution < 1.29 is 14.3 Å². The predicted molar refractivity (Wildman–Crippen MR) is 86.6 cm³/mol. The molecule has 0 spiro atoms. The zero-order valence-electron chi connectivity index (χ0n) is 10.7. The van der Waals surface area contributed by atoms with Gasteiger partial charge in [0.05, 0.1) is 5.02 Å². The van der Waals surface area contributed by atoms with Crippen LogP contribution >= 0.6 is 39.3 Å². The van der Waals surface area contributed by atoms with Gasteiger partial charge in [-0.15, -0.1) is 11.8 Å². The minimum Gasteiger partial charge on any atom is -0.480 e. The second-order valence-corrected chi connectivity index (χ2v) is 7.06. The summed E-state index contributed by atoms with van der Waals surface area (Å²) in [4.78, 5) is 11.0. The van der Waals surface area contributed by atoms with Crippen molar-refractivity contribution in [1.29, 1.82) is 0 Å². The highest BCUT2D eigenvalue weighted by Gasteiger charge is 2.32. The lowest BCUT2D eigenvalue weighted by atomic mass is 10.2. The van der Waals surface area contributed by atoms with E-state index in [-0.39, 0.29) is 5.37 Å². The Kier molecular flexibility index (Phi) is 4.31. The smallest absolute Gasteiger partial charge is 0.321 e. The standard InChI is InChI=1S/C14H11BrClNO3S/c15-7-1-2-8(9(16)5-7)11-3-4-12(20-11)13-17-10(6-21-13)14(18)19/h1-5,10,13,17H,6H2,(H,18,19). The lowest BCUT2D eigenvalue weighted by Gasteiger charge is -2.08. The third kappa shape index (κ3) is 3.13. The molecule has 2 heterocycles. The zero-order valence-corrected chi connectivity index (χ0v) is 13.8. The highest BCUT2D eigenvalue weighted by Crippen LogP contribution is 2.37. The van der Waals surface area contributed by atoms with Crippen LogP contribution in [0.15, 0.2) is 39.2 Å². The summed E-state index contributed by atoms with van der Waals surface area (Å²) in [5.41, 5.74) is 0.809. The van der Waals surface area contributed by atoms with E-state index in [9.17, 15) is 4.79 Å². The summed E-state index contributed by atoms with van der Waals surface area (Å²) in [5.74, 6) is 1.06. The minimum absolute atomic E-state index is 0.144. The average Bonchev–Trinajstić information content (AvgIpc) is 3.07. The van der Waals surface area contributed by atoms with Crippen molar-refractivity contribution in [2.24, 2.45) is 0 Å². The average molecular weight is 389 g/mol. The van der Waals surface area contributed by atoms with Crippen LogP contribution in [0.5, 0.6) is 0 Å². The van der Waals surface area contributed by atoms with Crippen molar-refractivity contribution in [3.63, 3.8) is 0 Å². The van der Waals surface area contributed by atoms with Crippen molar-refractivity contribution in [3.05, 3.63) is 45.6 Å². The SMILES string of the molecule is O=C(O)C1CSC(c2ccc(-c3ccc(Br)cc3Cl)o2)N1. The molecule has 1 aromatic carbocycles. The van der Waals surface area contributed by atoms with Crippen molar-refractivity contribution in [3.8, 4) is 11.3 Å². The molecule has 1 aromatic heterocycles. The summed E-state index contributed by atoms with van der Waals surface area (Å²) in [6.45, 7) is 0. The predicted octanol–water partition coefficient (Wildman–Crippen LogP) is 4.15. The Morgan fingerprint density at radius 2 is 2.24 bits per heavy atom. The van der Waals surface area contributed by atoms with E-state index < -0.39 is 12.0 Å². The molecule has 4 nitrogen and oxygen atoms in total. The van der Waals surface area contributed by atoms with Gasteiger partial charge in [-0.05, 0) is 30.3 Å². The summed E-state index contributed by atoms with van der Waals surface area (Å²) < 4.78 is 6.73. The fourth-order valence-corrected chi connectivity index (χ4v) is 4.05. The minimum atomic E-state index is -0.840. The van der Waals surface area contributed by atoms with Crippen LogP contribution in [0.3, 0.4) is 0 Å². The second kappa shape index (κ2) is 6.04. The fraction of sp³-hybridized carbons (Fsp3) is 0.214. The summed E-state index contributed by atoms with van der Waals surface area (Å²) in [6, 6.07) is 8.74. The van der Waals surface area contributed by atoms with Crippen LogP contribution in [0.2, 0.25) is 5.02 Å². The molecule has 0 radical (unpaired) electrons. The number of carboxylic acid groups (broad SMARTS) is 1. The van der Waals surface area contributed by atoms with Crippen LogP contribution in [0.4, 0.5) is 0 Å². The van der Waals surface area contributed by atoms with Crippen LogP contribution in [0.25, 0.3) is 11.3 Å². The first kappa shape index (κ1) is 15.0. The molecule has 110 valence electrons. The Labute approximate surface area is 139 Å². The van der Waals surface area contributed by atoms with E-state index in [0.717, 1.165) is 10.0 Å². The molecule has 2 atom stereocenters. The summed E-state index contributed by atoms with van der Waals surface area (Å²) in [6.07, 6.45) is 0. The van der Waals surface area contributed by atoms with Crippen LogP contribution in [0.1, 0.15) is 11.1 Å². The van der Waals surface area contributed by atoms with Gasteiger partial charge in [-0.3, -0.25) is 10.1 Å². The van der Waals surface area contributed by atoms with Crippen LogP contribution in [0, 0.1) is 0 Å². The maximum atomic E-state index is 11.0. The molecule has 3 rings (SSSR count). The van der Waals surface area contributed by atoms with Crippen molar-refractivity contribution in [2.75, 3.05) is 5.75 Å². The number of thioether (sulfide) groups is 1. The Bertz CT molecular complexity index is 691. The van der Waals surface area contributed by atoms with E-state index in [1.807, 2.05) is 30.3 Å². The molecule has 2 N–H and O–H groups in total. The van der Waals surface area contributed by atoms with Gasteiger partial charge in [-0.2, -0.15) is 0 Å². The number of aliphatic carboxylic acids is 1. The van der Waals surface area contributed by atoms with E-state index in [1.165, 1.54) is 11.8 Å². The van der Waals surface area contributed by atoms with Gasteiger partial charge in [0, 0.05) is 15.8 Å². The van der Waals surface area contributed by atoms with Gasteiger partial charge in [0.2, 0.25) is 0 Å². The molecule has 1 fully saturated rings. The molecular formula is C14H11BrClNO3S. The Hall–Kier alpha value is -0.950. The third-order valence-electron chi connectivity index (χ3n) is 3.16. The van der Waals surface area contributed by atoms with Crippen LogP contribution < -0.4 is 5.32 Å². The first-order chi connectivity index (χ1) is 10.0. The molecule has 1 saturated heterocycles. The maximum absolute atomic E-state index is 11.0. The van der Waals surface area contributed by atoms with E-state index in [4.69, 9.17) is 21.1 Å². The normalized spacial score (nSPS) is 21.6. The monoisotopic (exact) mass is 387 g/mol. The number of furan rings is 1. The number of carboxylic acids is 1. The fourth-order valence-electron chi connectivity index (χ4n) is 2.11. The molecule has 7 heteroatoms. The highest BCUT2D eigenvalue weighted by atomic mass is 79.9. The highest BCUT2D eigenvalue weighted by molar-refractivity contribution is 9.10. The molecule has 0 saturated carbocycles. The van der Waals surface area contributed by atoms with Crippen LogP contribution in [-0.2, 0) is 4.79 Å². The lowest BCUT2D eigenvalue weighted by Crippen LogP contribution is -2.33. The maximum Gasteiger partial charge on any atom is 0.321 e. The Balaban J connectivity index is 1.82. The summed E-state index contributed by atoms with van der Waals surface area (Å²) in [7, 11) is 0. The van der Waals surface area contributed by atoms with Gasteiger partial charge in [-0.25, -0.2) is 0 Å². The third-order valence-corrected chi connectivity index (χ3v) is 5.20. The number of hydrogen-bond donors (Lipinski definition) is 2. The summed E-state index contributed by atoms with van der Waals surface area (Å²) in [5, 5.41) is 12.5. The van der Waals surface area contributed by atoms with E-state index >= 15 is 0 Å². The zero-order chi connectivity index (χ0) is 15.0. The van der Waals surface area contributed by atoms with E-state index in [2.05, 4.69) is 21.2 Å². The molecule has 0 aliphatic carbocycles. The van der Waals surface area contributed by atoms with E-state index in [0.29, 0.717) is 22.3 Å². The van der Waals surface area contributed by atoms with Gasteiger partial charge in [0.15, 0.2) is 0 Å². The van der Waals surface area contributed by atoms with Gasteiger partial charge in [0.25, 0.3) is 0 Å². The molecule has 21 heavy (non-hydrogen) atoms. The number of benzene rings is 1. The molecule has 2 unspecified atom stereocenters. The first-order valence-electron chi connectivity index (χ1n) is 6.20. The first-order valence-corrected chi connectivity index (χ1v) is 8.42. The van der Waals surface area contributed by atoms with Gasteiger partial charge in [0.1, 0.15) is 22.9 Å². The van der Waals surface area contributed by atoms with E-state index in [1.54, 1.807) is 0 Å². The topological polar surface area (TPSA) is 62.5 Å². The van der Waals surface area contributed by atoms with Gasteiger partial charge in [-0.1, -0.05) is 27.5 Å². The Morgan fingerprint density at radius 1 is 1.43 bits per heavy atom. The molecule has 0 amide bonds. The number of halogens is 2.